The normalized spacial score (nSPS) is 9.44. The van der Waals surface area contributed by atoms with Crippen LogP contribution in [-0.2, 0) is 4.43 Å². The molecule has 1 radical (unpaired) electrons. The number of halogens is 2. The van der Waals surface area contributed by atoms with Gasteiger partial charge in [-0.25, -0.2) is 0 Å². The summed E-state index contributed by atoms with van der Waals surface area (Å²) in [5.41, 5.74) is 1.36. The maximum atomic E-state index is 5.65. The molecular formula is C7H7ClI. The second kappa shape index (κ2) is 4.12. The largest absolute Gasteiger partial charge is 0.0622 e. The highest BCUT2D eigenvalue weighted by molar-refractivity contribution is 14.2. The van der Waals surface area contributed by atoms with E-state index in [0.29, 0.717) is 0 Å². The standard InChI is InChI=1S/C7H7ClI/c8-9-6-7-4-2-1-3-5-7/h1-5H,6H2. The molecule has 0 nitrogen and oxygen atoms in total. The Morgan fingerprint density at radius 2 is 1.89 bits per heavy atom. The highest BCUT2D eigenvalue weighted by atomic mass is 127. The van der Waals surface area contributed by atoms with E-state index in [1.165, 1.54) is 5.56 Å². The molecule has 0 aliphatic carbocycles. The molecule has 0 fully saturated rings. The van der Waals surface area contributed by atoms with Crippen molar-refractivity contribution in [3.63, 3.8) is 0 Å². The lowest BCUT2D eigenvalue weighted by atomic mass is 10.2. The van der Waals surface area contributed by atoms with Gasteiger partial charge < -0.3 is 0 Å². The molecule has 0 saturated heterocycles. The SMILES string of the molecule is Cl[I]Cc1ccccc1. The summed E-state index contributed by atoms with van der Waals surface area (Å²) in [7, 11) is 5.65. The molecule has 0 saturated carbocycles. The van der Waals surface area contributed by atoms with Crippen molar-refractivity contribution in [2.24, 2.45) is 0 Å². The molecule has 9 heavy (non-hydrogen) atoms. The Morgan fingerprint density at radius 1 is 1.22 bits per heavy atom. The summed E-state index contributed by atoms with van der Waals surface area (Å²) in [6.07, 6.45) is 0. The predicted octanol–water partition coefficient (Wildman–Crippen LogP) is 3.31. The Bertz CT molecular complexity index is 162. The number of alkyl halides is 1. The summed E-state index contributed by atoms with van der Waals surface area (Å²) in [5.74, 6) is 0. The maximum absolute atomic E-state index is 5.65. The van der Waals surface area contributed by atoms with E-state index in [1.807, 2.05) is 18.2 Å². The van der Waals surface area contributed by atoms with Crippen molar-refractivity contribution in [2.75, 3.05) is 0 Å². The molecular weight excluding hydrogens is 246 g/mol. The van der Waals surface area contributed by atoms with Crippen molar-refractivity contribution in [1.82, 2.24) is 0 Å². The quantitative estimate of drug-likeness (QED) is 0.560. The molecule has 0 N–H and O–H groups in total. The molecule has 0 atom stereocenters. The van der Waals surface area contributed by atoms with E-state index in [1.54, 1.807) is 0 Å². The molecule has 2 heteroatoms. The minimum absolute atomic E-state index is 0.0990. The summed E-state index contributed by atoms with van der Waals surface area (Å²) in [4.78, 5) is 0. The Kier molecular flexibility index (Phi) is 3.36. The van der Waals surface area contributed by atoms with Crippen molar-refractivity contribution in [3.8, 4) is 0 Å². The van der Waals surface area contributed by atoms with Crippen LogP contribution in [0.1, 0.15) is 5.56 Å². The second-order valence-corrected chi connectivity index (χ2v) is 4.41. The van der Waals surface area contributed by atoms with Gasteiger partial charge in [-0.2, -0.15) is 0 Å². The van der Waals surface area contributed by atoms with Gasteiger partial charge in [0.2, 0.25) is 0 Å². The molecule has 0 bridgehead atoms. The molecule has 1 aromatic carbocycles. The first-order chi connectivity index (χ1) is 4.43. The van der Waals surface area contributed by atoms with Crippen LogP contribution in [0.15, 0.2) is 30.3 Å². The maximum Gasteiger partial charge on any atom is 0.0302 e. The van der Waals surface area contributed by atoms with Crippen LogP contribution >= 0.6 is 29.0 Å². The van der Waals surface area contributed by atoms with Crippen LogP contribution in [0.3, 0.4) is 0 Å². The molecule has 1 aromatic rings. The van der Waals surface area contributed by atoms with Gasteiger partial charge in [-0.3, -0.25) is 0 Å². The van der Waals surface area contributed by atoms with Gasteiger partial charge in [0.15, 0.2) is 0 Å². The molecule has 49 valence electrons. The number of rotatable bonds is 2. The van der Waals surface area contributed by atoms with Crippen LogP contribution < -0.4 is 0 Å². The highest BCUT2D eigenvalue weighted by Crippen LogP contribution is 2.22. The average molecular weight is 253 g/mol. The fraction of sp³-hybridized carbons (Fsp3) is 0.143. The molecule has 0 unspecified atom stereocenters. The zero-order valence-corrected chi connectivity index (χ0v) is 7.76. The van der Waals surface area contributed by atoms with Gasteiger partial charge in [-0.1, -0.05) is 39.2 Å². The van der Waals surface area contributed by atoms with E-state index in [2.05, 4.69) is 12.1 Å². The van der Waals surface area contributed by atoms with Gasteiger partial charge in [0, 0.05) is 4.43 Å². The first-order valence-corrected chi connectivity index (χ1v) is 6.93. The second-order valence-electron chi connectivity index (χ2n) is 1.72. The molecule has 0 aromatic heterocycles. The summed E-state index contributed by atoms with van der Waals surface area (Å²) in [6.45, 7) is 0. The van der Waals surface area contributed by atoms with Crippen LogP contribution in [0.2, 0.25) is 0 Å². The van der Waals surface area contributed by atoms with Crippen molar-refractivity contribution in [2.45, 2.75) is 4.43 Å². The van der Waals surface area contributed by atoms with Crippen LogP contribution in [0.25, 0.3) is 0 Å². The zero-order valence-electron chi connectivity index (χ0n) is 4.85. The topological polar surface area (TPSA) is 0 Å². The molecule has 0 spiro atoms. The fourth-order valence-electron chi connectivity index (χ4n) is 0.625. The van der Waals surface area contributed by atoms with Gasteiger partial charge in [0.1, 0.15) is 0 Å². The molecule has 0 aliphatic rings. The zero-order chi connectivity index (χ0) is 6.53. The van der Waals surface area contributed by atoms with E-state index in [0.717, 1.165) is 4.43 Å². The molecule has 0 aliphatic heterocycles. The minimum Gasteiger partial charge on any atom is -0.0622 e. The molecule has 0 amide bonds. The minimum atomic E-state index is -0.0990. The summed E-state index contributed by atoms with van der Waals surface area (Å²) in [6, 6.07) is 10.3. The Balaban J connectivity index is 2.61. The molecule has 0 heterocycles. The summed E-state index contributed by atoms with van der Waals surface area (Å²) in [5, 5.41) is 0. The Labute approximate surface area is 69.2 Å². The first-order valence-electron chi connectivity index (χ1n) is 2.67. The number of hydrogen-bond donors (Lipinski definition) is 0. The van der Waals surface area contributed by atoms with Crippen molar-refractivity contribution in [3.05, 3.63) is 35.9 Å². The molecule has 1 rings (SSSR count). The van der Waals surface area contributed by atoms with Gasteiger partial charge in [0.05, 0.1) is 0 Å². The van der Waals surface area contributed by atoms with Crippen molar-refractivity contribution >= 4 is 29.0 Å². The van der Waals surface area contributed by atoms with Crippen LogP contribution in [0, 0.1) is 0 Å². The van der Waals surface area contributed by atoms with E-state index < -0.39 is 0 Å². The van der Waals surface area contributed by atoms with Crippen LogP contribution in [-0.4, -0.2) is 0 Å². The lowest BCUT2D eigenvalue weighted by molar-refractivity contribution is 1.46. The van der Waals surface area contributed by atoms with E-state index in [4.69, 9.17) is 8.91 Å². The lowest BCUT2D eigenvalue weighted by Gasteiger charge is -1.92. The first kappa shape index (κ1) is 7.35. The highest BCUT2D eigenvalue weighted by Gasteiger charge is 1.86. The smallest absolute Gasteiger partial charge is 0.0302 e. The van der Waals surface area contributed by atoms with Crippen LogP contribution in [0.5, 0.6) is 0 Å². The van der Waals surface area contributed by atoms with Crippen molar-refractivity contribution < 1.29 is 0 Å². The van der Waals surface area contributed by atoms with Gasteiger partial charge in [0.25, 0.3) is 0 Å². The predicted molar refractivity (Wildman–Crippen MR) is 50.0 cm³/mol. The Morgan fingerprint density at radius 3 is 2.44 bits per heavy atom. The Hall–Kier alpha value is 0.240. The third-order valence-electron chi connectivity index (χ3n) is 1.05. The van der Waals surface area contributed by atoms with E-state index in [9.17, 15) is 0 Å². The number of hydrogen-bond acceptors (Lipinski definition) is 0. The van der Waals surface area contributed by atoms with Crippen LogP contribution in [0.4, 0.5) is 0 Å². The summed E-state index contributed by atoms with van der Waals surface area (Å²) < 4.78 is 1.08. The van der Waals surface area contributed by atoms with Gasteiger partial charge >= 0.3 is 0 Å². The third-order valence-corrected chi connectivity index (χ3v) is 2.89. The average Bonchev–Trinajstić information content (AvgIpc) is 1.91. The fourth-order valence-corrected chi connectivity index (χ4v) is 2.25. The van der Waals surface area contributed by atoms with Gasteiger partial charge in [-0.15, -0.1) is 0 Å². The monoisotopic (exact) mass is 253 g/mol. The summed E-state index contributed by atoms with van der Waals surface area (Å²) >= 11 is -0.0990. The third kappa shape index (κ3) is 2.54. The van der Waals surface area contributed by atoms with E-state index in [-0.39, 0.29) is 20.1 Å². The van der Waals surface area contributed by atoms with E-state index >= 15 is 0 Å². The lowest BCUT2D eigenvalue weighted by Crippen LogP contribution is -1.72. The van der Waals surface area contributed by atoms with Gasteiger partial charge in [-0.05, 0) is 25.6 Å². The van der Waals surface area contributed by atoms with Crippen molar-refractivity contribution in [1.29, 1.82) is 0 Å². The number of benzene rings is 1.